The molecule has 4 rings (SSSR count). The van der Waals surface area contributed by atoms with Gasteiger partial charge in [0.25, 0.3) is 0 Å². The molecule has 6 nitrogen and oxygen atoms in total. The second kappa shape index (κ2) is 9.92. The van der Waals surface area contributed by atoms with Crippen LogP contribution in [0.3, 0.4) is 0 Å². The number of pyridine rings is 1. The van der Waals surface area contributed by atoms with E-state index in [0.717, 1.165) is 28.1 Å². The summed E-state index contributed by atoms with van der Waals surface area (Å²) < 4.78 is 13.5. The lowest BCUT2D eigenvalue weighted by Crippen LogP contribution is -2.16. The minimum absolute atomic E-state index is 0.200. The summed E-state index contributed by atoms with van der Waals surface area (Å²) in [5.41, 5.74) is 5.99. The van der Waals surface area contributed by atoms with Crippen LogP contribution in [0.5, 0.6) is 5.75 Å². The number of aryl methyl sites for hydroxylation is 2. The Hall–Kier alpha value is -4.24. The van der Waals surface area contributed by atoms with Crippen LogP contribution in [0.1, 0.15) is 28.1 Å². The fraction of sp³-hybridized carbons (Fsp3) is 0.185. The molecule has 0 bridgehead atoms. The number of carbonyl (C=O) groups is 1. The maximum absolute atomic E-state index is 12.4. The van der Waals surface area contributed by atoms with E-state index in [0.29, 0.717) is 23.5 Å². The van der Waals surface area contributed by atoms with Crippen molar-refractivity contribution in [3.63, 3.8) is 0 Å². The number of fused-ring (bicyclic) bond motifs is 1. The number of hydrogen-bond donors (Lipinski definition) is 1. The van der Waals surface area contributed by atoms with Gasteiger partial charge in [0.15, 0.2) is 11.4 Å². The minimum atomic E-state index is -0.518. The zero-order valence-corrected chi connectivity index (χ0v) is 18.7. The number of amides is 1. The van der Waals surface area contributed by atoms with E-state index < -0.39 is 6.09 Å². The second-order valence-corrected chi connectivity index (χ2v) is 7.67. The van der Waals surface area contributed by atoms with Gasteiger partial charge in [-0.15, -0.1) is 12.3 Å². The predicted molar refractivity (Wildman–Crippen MR) is 128 cm³/mol. The number of terminal acetylenes is 1. The normalized spacial score (nSPS) is 10.6. The highest BCUT2D eigenvalue weighted by Gasteiger charge is 2.14. The summed E-state index contributed by atoms with van der Waals surface area (Å²) in [5, 5.41) is 2.84. The van der Waals surface area contributed by atoms with Crippen LogP contribution in [0.15, 0.2) is 66.9 Å². The van der Waals surface area contributed by atoms with Gasteiger partial charge in [0.05, 0.1) is 23.5 Å². The average Bonchev–Trinajstić information content (AvgIpc) is 3.14. The third-order valence-electron chi connectivity index (χ3n) is 5.41. The largest absolute Gasteiger partial charge is 0.485 e. The molecule has 33 heavy (non-hydrogen) atoms. The van der Waals surface area contributed by atoms with Gasteiger partial charge in [-0.2, -0.15) is 0 Å². The van der Waals surface area contributed by atoms with Crippen molar-refractivity contribution in [3.05, 3.63) is 94.9 Å². The lowest BCUT2D eigenvalue weighted by molar-refractivity contribution is 0.155. The Kier molecular flexibility index (Phi) is 6.61. The molecule has 0 aliphatic heterocycles. The van der Waals surface area contributed by atoms with Crippen LogP contribution >= 0.6 is 0 Å². The van der Waals surface area contributed by atoms with Crippen molar-refractivity contribution < 1.29 is 14.3 Å². The first-order valence-corrected chi connectivity index (χ1v) is 10.7. The van der Waals surface area contributed by atoms with E-state index in [1.165, 1.54) is 0 Å². The lowest BCUT2D eigenvalue weighted by atomic mass is 10.1. The van der Waals surface area contributed by atoms with Crippen LogP contribution in [0.2, 0.25) is 0 Å². The quantitative estimate of drug-likeness (QED) is 0.389. The van der Waals surface area contributed by atoms with Crippen LogP contribution in [0.4, 0.5) is 10.5 Å². The number of anilines is 1. The summed E-state index contributed by atoms with van der Waals surface area (Å²) >= 11 is 0. The van der Waals surface area contributed by atoms with E-state index in [-0.39, 0.29) is 13.2 Å². The summed E-state index contributed by atoms with van der Waals surface area (Å²) in [6, 6.07) is 19.0. The maximum atomic E-state index is 12.4. The Bertz CT molecular complexity index is 1320. The van der Waals surface area contributed by atoms with Crippen molar-refractivity contribution >= 4 is 17.4 Å². The number of imidazole rings is 1. The number of aromatic nitrogens is 2. The highest BCUT2D eigenvalue weighted by Crippen LogP contribution is 2.26. The molecule has 0 atom stereocenters. The zero-order valence-electron chi connectivity index (χ0n) is 18.7. The summed E-state index contributed by atoms with van der Waals surface area (Å²) in [6.45, 7) is 4.38. The first-order chi connectivity index (χ1) is 16.1. The Labute approximate surface area is 193 Å². The Balaban J connectivity index is 1.50. The van der Waals surface area contributed by atoms with Crippen LogP contribution in [0.25, 0.3) is 5.65 Å². The third-order valence-corrected chi connectivity index (χ3v) is 5.41. The van der Waals surface area contributed by atoms with Gasteiger partial charge in [-0.1, -0.05) is 42.5 Å². The smallest absolute Gasteiger partial charge is 0.411 e. The van der Waals surface area contributed by atoms with Gasteiger partial charge in [0, 0.05) is 11.8 Å². The second-order valence-electron chi connectivity index (χ2n) is 7.67. The van der Waals surface area contributed by atoms with Crippen molar-refractivity contribution in [2.75, 3.05) is 5.32 Å². The number of rotatable bonds is 7. The van der Waals surface area contributed by atoms with Gasteiger partial charge >= 0.3 is 6.09 Å². The minimum Gasteiger partial charge on any atom is -0.485 e. The molecule has 0 saturated carbocycles. The SMILES string of the molecule is C#CCc1c(C)nc2c(OCc3c(C)cccc3NC(=O)OCc3ccccc3)cccn12. The van der Waals surface area contributed by atoms with Gasteiger partial charge in [0.1, 0.15) is 13.2 Å². The van der Waals surface area contributed by atoms with Gasteiger partial charge in [-0.3, -0.25) is 9.72 Å². The molecule has 6 heteroatoms. The van der Waals surface area contributed by atoms with Gasteiger partial charge in [-0.05, 0) is 43.2 Å². The molecule has 0 spiro atoms. The van der Waals surface area contributed by atoms with Gasteiger partial charge in [0.2, 0.25) is 0 Å². The number of nitrogens with zero attached hydrogens (tertiary/aromatic N) is 2. The number of nitrogens with one attached hydrogen (secondary N) is 1. The third kappa shape index (κ3) is 4.99. The summed E-state index contributed by atoms with van der Waals surface area (Å²) in [5.74, 6) is 3.32. The van der Waals surface area contributed by atoms with E-state index in [1.807, 2.05) is 85.1 Å². The van der Waals surface area contributed by atoms with Crippen LogP contribution in [-0.2, 0) is 24.4 Å². The fourth-order valence-corrected chi connectivity index (χ4v) is 3.66. The molecule has 0 aliphatic carbocycles. The maximum Gasteiger partial charge on any atom is 0.411 e. The molecule has 2 aromatic heterocycles. The molecule has 2 aromatic carbocycles. The van der Waals surface area contributed by atoms with E-state index in [2.05, 4.69) is 16.2 Å². The van der Waals surface area contributed by atoms with Crippen LogP contribution in [-0.4, -0.2) is 15.5 Å². The van der Waals surface area contributed by atoms with Crippen LogP contribution < -0.4 is 10.1 Å². The first kappa shape index (κ1) is 22.0. The van der Waals surface area contributed by atoms with Crippen LogP contribution in [0, 0.1) is 26.2 Å². The summed E-state index contributed by atoms with van der Waals surface area (Å²) in [6.07, 6.45) is 7.42. The highest BCUT2D eigenvalue weighted by molar-refractivity contribution is 5.86. The lowest BCUT2D eigenvalue weighted by Gasteiger charge is -2.15. The molecule has 0 aliphatic rings. The molecule has 0 fully saturated rings. The van der Waals surface area contributed by atoms with Gasteiger partial charge in [-0.25, -0.2) is 9.78 Å². The molecule has 166 valence electrons. The van der Waals surface area contributed by atoms with Crippen molar-refractivity contribution in [1.82, 2.24) is 9.38 Å². The molecule has 0 unspecified atom stereocenters. The topological polar surface area (TPSA) is 64.9 Å². The number of ether oxygens (including phenoxy) is 2. The Morgan fingerprint density at radius 1 is 1.06 bits per heavy atom. The van der Waals surface area contributed by atoms with Crippen molar-refractivity contribution in [2.24, 2.45) is 0 Å². The zero-order chi connectivity index (χ0) is 23.2. The molecule has 4 aromatic rings. The van der Waals surface area contributed by atoms with E-state index >= 15 is 0 Å². The predicted octanol–water partition coefficient (Wildman–Crippen LogP) is 5.45. The molecule has 1 N–H and O–H groups in total. The molecule has 2 heterocycles. The van der Waals surface area contributed by atoms with E-state index in [4.69, 9.17) is 15.9 Å². The van der Waals surface area contributed by atoms with Crippen molar-refractivity contribution in [1.29, 1.82) is 0 Å². The van der Waals surface area contributed by atoms with Crippen molar-refractivity contribution in [3.8, 4) is 18.1 Å². The number of carbonyl (C=O) groups excluding carboxylic acids is 1. The van der Waals surface area contributed by atoms with Gasteiger partial charge < -0.3 is 9.47 Å². The summed E-state index contributed by atoms with van der Waals surface area (Å²) in [7, 11) is 0. The average molecular weight is 440 g/mol. The first-order valence-electron chi connectivity index (χ1n) is 10.7. The molecule has 1 amide bonds. The Morgan fingerprint density at radius 2 is 1.88 bits per heavy atom. The summed E-state index contributed by atoms with van der Waals surface area (Å²) in [4.78, 5) is 17.0. The number of benzene rings is 2. The standard InChI is InChI=1S/C27H25N3O3/c1-4-10-24-20(3)28-26-25(15-9-16-30(24)26)32-18-22-19(2)11-8-14-23(22)29-27(31)33-17-21-12-6-5-7-13-21/h1,5-9,11-16H,10,17-18H2,2-3H3,(H,29,31). The molecule has 0 saturated heterocycles. The molecule has 0 radical (unpaired) electrons. The molecular formula is C27H25N3O3. The van der Waals surface area contributed by atoms with E-state index in [1.54, 1.807) is 0 Å². The number of hydrogen-bond acceptors (Lipinski definition) is 4. The monoisotopic (exact) mass is 439 g/mol. The molecular weight excluding hydrogens is 414 g/mol. The Morgan fingerprint density at radius 3 is 2.67 bits per heavy atom. The van der Waals surface area contributed by atoms with Crippen molar-refractivity contribution in [2.45, 2.75) is 33.5 Å². The highest BCUT2D eigenvalue weighted by atomic mass is 16.5. The fourth-order valence-electron chi connectivity index (χ4n) is 3.66. The van der Waals surface area contributed by atoms with E-state index in [9.17, 15) is 4.79 Å².